The highest BCUT2D eigenvalue weighted by Crippen LogP contribution is 2.19. The zero-order valence-electron chi connectivity index (χ0n) is 18.4. The van der Waals surface area contributed by atoms with Crippen LogP contribution in [-0.2, 0) is 11.3 Å². The summed E-state index contributed by atoms with van der Waals surface area (Å²) in [6.45, 7) is 4.24. The molecule has 0 radical (unpaired) electrons. The van der Waals surface area contributed by atoms with Crippen LogP contribution in [0.4, 0.5) is 5.69 Å². The van der Waals surface area contributed by atoms with Crippen molar-refractivity contribution in [2.75, 3.05) is 24.5 Å². The Kier molecular flexibility index (Phi) is 7.02. The van der Waals surface area contributed by atoms with Crippen molar-refractivity contribution in [1.29, 1.82) is 0 Å². The van der Waals surface area contributed by atoms with Gasteiger partial charge in [0.2, 0.25) is 5.91 Å². The molecule has 1 saturated heterocycles. The van der Waals surface area contributed by atoms with Gasteiger partial charge in [0.15, 0.2) is 0 Å². The van der Waals surface area contributed by atoms with Crippen molar-refractivity contribution >= 4 is 17.5 Å². The van der Waals surface area contributed by atoms with Crippen LogP contribution in [-0.4, -0.2) is 42.4 Å². The number of rotatable bonds is 7. The van der Waals surface area contributed by atoms with E-state index in [4.69, 9.17) is 4.42 Å². The molecule has 2 heterocycles. The maximum Gasteiger partial charge on any atom is 0.251 e. The number of carbonyl (C=O) groups excluding carboxylic acids is 2. The smallest absolute Gasteiger partial charge is 0.251 e. The number of carbonyl (C=O) groups is 2. The molecule has 1 N–H and O–H groups in total. The number of aryl methyl sites for hydroxylation is 1. The van der Waals surface area contributed by atoms with Crippen LogP contribution < -0.4 is 10.2 Å². The maximum absolute atomic E-state index is 13.2. The van der Waals surface area contributed by atoms with Gasteiger partial charge in [0, 0.05) is 30.4 Å². The van der Waals surface area contributed by atoms with Gasteiger partial charge >= 0.3 is 0 Å². The van der Waals surface area contributed by atoms with E-state index < -0.39 is 0 Å². The van der Waals surface area contributed by atoms with E-state index >= 15 is 0 Å². The van der Waals surface area contributed by atoms with E-state index in [-0.39, 0.29) is 17.9 Å². The molecule has 0 atom stereocenters. The first-order valence-electron chi connectivity index (χ1n) is 11.1. The largest absolute Gasteiger partial charge is 0.467 e. The van der Waals surface area contributed by atoms with Crippen molar-refractivity contribution in [3.63, 3.8) is 0 Å². The third-order valence-corrected chi connectivity index (χ3v) is 5.93. The lowest BCUT2D eigenvalue weighted by Gasteiger charge is -2.33. The molecule has 32 heavy (non-hydrogen) atoms. The third kappa shape index (κ3) is 5.45. The second-order valence-electron chi connectivity index (χ2n) is 8.23. The van der Waals surface area contributed by atoms with E-state index in [1.165, 1.54) is 0 Å². The number of para-hydroxylation sites is 1. The van der Waals surface area contributed by atoms with Gasteiger partial charge in [-0.15, -0.1) is 0 Å². The molecule has 2 amide bonds. The minimum absolute atomic E-state index is 0.0219. The Bertz CT molecular complexity index is 1030. The van der Waals surface area contributed by atoms with Crippen molar-refractivity contribution in [3.05, 3.63) is 89.9 Å². The summed E-state index contributed by atoms with van der Waals surface area (Å²) in [5.74, 6) is 0.765. The molecule has 0 unspecified atom stereocenters. The Morgan fingerprint density at radius 1 is 1.00 bits per heavy atom. The normalized spacial score (nSPS) is 14.8. The van der Waals surface area contributed by atoms with E-state index in [1.54, 1.807) is 11.2 Å². The summed E-state index contributed by atoms with van der Waals surface area (Å²) in [5, 5.41) is 3.15. The van der Waals surface area contributed by atoms with Gasteiger partial charge in [0.05, 0.1) is 19.4 Å². The van der Waals surface area contributed by atoms with Crippen LogP contribution in [0, 0.1) is 6.92 Å². The Balaban J connectivity index is 1.32. The molecule has 0 saturated carbocycles. The molecular formula is C26H29N3O3. The number of benzene rings is 2. The van der Waals surface area contributed by atoms with Crippen LogP contribution in [0.5, 0.6) is 0 Å². The summed E-state index contributed by atoms with van der Waals surface area (Å²) in [7, 11) is 0. The molecular weight excluding hydrogens is 402 g/mol. The monoisotopic (exact) mass is 431 g/mol. The molecule has 3 aromatic rings. The van der Waals surface area contributed by atoms with Crippen LogP contribution in [0.25, 0.3) is 0 Å². The highest BCUT2D eigenvalue weighted by molar-refractivity contribution is 5.96. The molecule has 0 bridgehead atoms. The number of hydrogen-bond acceptors (Lipinski definition) is 4. The lowest BCUT2D eigenvalue weighted by Crippen LogP contribution is -2.48. The van der Waals surface area contributed by atoms with Gasteiger partial charge in [0.1, 0.15) is 5.76 Å². The van der Waals surface area contributed by atoms with E-state index in [0.717, 1.165) is 48.5 Å². The average Bonchev–Trinajstić information content (AvgIpc) is 3.33. The molecule has 6 nitrogen and oxygen atoms in total. The third-order valence-electron chi connectivity index (χ3n) is 5.93. The van der Waals surface area contributed by atoms with Crippen LogP contribution >= 0.6 is 0 Å². The van der Waals surface area contributed by atoms with E-state index in [0.29, 0.717) is 13.1 Å². The number of furan rings is 1. The van der Waals surface area contributed by atoms with Crippen LogP contribution in [0.2, 0.25) is 0 Å². The maximum atomic E-state index is 13.2. The summed E-state index contributed by atoms with van der Waals surface area (Å²) in [6.07, 6.45) is 3.28. The van der Waals surface area contributed by atoms with Gasteiger partial charge in [0.25, 0.3) is 5.91 Å². The highest BCUT2D eigenvalue weighted by atomic mass is 16.3. The second kappa shape index (κ2) is 10.3. The number of amides is 2. The number of likely N-dealkylation sites (tertiary alicyclic amines) is 1. The fourth-order valence-corrected chi connectivity index (χ4v) is 4.09. The first kappa shape index (κ1) is 21.8. The van der Waals surface area contributed by atoms with E-state index in [2.05, 4.69) is 10.2 Å². The zero-order chi connectivity index (χ0) is 22.3. The van der Waals surface area contributed by atoms with Crippen LogP contribution in [0.1, 0.15) is 34.5 Å². The molecule has 2 aromatic carbocycles. The summed E-state index contributed by atoms with van der Waals surface area (Å²) < 4.78 is 5.47. The Labute approximate surface area is 188 Å². The molecule has 166 valence electrons. The number of hydrogen-bond donors (Lipinski definition) is 1. The first-order chi connectivity index (χ1) is 15.6. The van der Waals surface area contributed by atoms with Gasteiger partial charge < -0.3 is 14.6 Å². The number of nitrogens with zero attached hydrogens (tertiary/aromatic N) is 2. The fraction of sp³-hybridized carbons (Fsp3) is 0.308. The quantitative estimate of drug-likeness (QED) is 0.614. The molecule has 6 heteroatoms. The lowest BCUT2D eigenvalue weighted by molar-refractivity contribution is -0.120. The van der Waals surface area contributed by atoms with Crippen LogP contribution in [0.15, 0.2) is 77.4 Å². The highest BCUT2D eigenvalue weighted by Gasteiger charge is 2.25. The van der Waals surface area contributed by atoms with Gasteiger partial charge in [-0.3, -0.25) is 14.5 Å². The van der Waals surface area contributed by atoms with Gasteiger partial charge in [-0.1, -0.05) is 36.4 Å². The van der Waals surface area contributed by atoms with Crippen molar-refractivity contribution in [3.8, 4) is 0 Å². The Hall–Kier alpha value is -3.38. The number of nitrogens with one attached hydrogen (secondary N) is 1. The molecule has 1 fully saturated rings. The second-order valence-corrected chi connectivity index (χ2v) is 8.23. The average molecular weight is 432 g/mol. The zero-order valence-corrected chi connectivity index (χ0v) is 18.4. The van der Waals surface area contributed by atoms with Gasteiger partial charge in [-0.2, -0.15) is 0 Å². The number of piperidine rings is 1. The first-order valence-corrected chi connectivity index (χ1v) is 11.1. The number of anilines is 1. The minimum Gasteiger partial charge on any atom is -0.467 e. The molecule has 0 aliphatic carbocycles. The SMILES string of the molecule is Cc1ccccc1C(=O)NC1CCN(CC(=O)N(Cc2ccco2)c2ccccc2)CC1. The minimum atomic E-state index is -0.0219. The Morgan fingerprint density at radius 3 is 2.41 bits per heavy atom. The summed E-state index contributed by atoms with van der Waals surface area (Å²) in [6, 6.07) is 21.1. The van der Waals surface area contributed by atoms with Crippen molar-refractivity contribution in [2.24, 2.45) is 0 Å². The summed E-state index contributed by atoms with van der Waals surface area (Å²) in [4.78, 5) is 29.7. The van der Waals surface area contributed by atoms with E-state index in [9.17, 15) is 9.59 Å². The van der Waals surface area contributed by atoms with E-state index in [1.807, 2.05) is 73.7 Å². The molecule has 1 aromatic heterocycles. The van der Waals surface area contributed by atoms with Gasteiger partial charge in [-0.25, -0.2) is 0 Å². The van der Waals surface area contributed by atoms with Crippen molar-refractivity contribution in [1.82, 2.24) is 10.2 Å². The summed E-state index contributed by atoms with van der Waals surface area (Å²) in [5.41, 5.74) is 2.56. The lowest BCUT2D eigenvalue weighted by atomic mass is 10.0. The molecule has 4 rings (SSSR count). The standard InChI is InChI=1S/C26H29N3O3/c1-20-8-5-6-12-24(20)26(31)27-21-13-15-28(16-14-21)19-25(30)29(18-23-11-7-17-32-23)22-9-3-2-4-10-22/h2-12,17,21H,13-16,18-19H2,1H3,(H,27,31). The fourth-order valence-electron chi connectivity index (χ4n) is 4.09. The molecule has 1 aliphatic rings. The molecule has 1 aliphatic heterocycles. The predicted molar refractivity (Wildman–Crippen MR) is 124 cm³/mol. The topological polar surface area (TPSA) is 65.8 Å². The van der Waals surface area contributed by atoms with Crippen molar-refractivity contribution < 1.29 is 14.0 Å². The summed E-state index contributed by atoms with van der Waals surface area (Å²) >= 11 is 0. The Morgan fingerprint density at radius 2 is 1.72 bits per heavy atom. The van der Waals surface area contributed by atoms with Gasteiger partial charge in [-0.05, 0) is 55.7 Å². The molecule has 0 spiro atoms. The predicted octanol–water partition coefficient (Wildman–Crippen LogP) is 4.02. The van der Waals surface area contributed by atoms with Crippen LogP contribution in [0.3, 0.4) is 0 Å². The van der Waals surface area contributed by atoms with Crippen molar-refractivity contribution in [2.45, 2.75) is 32.4 Å².